The Kier molecular flexibility index (Phi) is 5.61. The number of hydrogen-bond acceptors (Lipinski definition) is 3. The Morgan fingerprint density at radius 2 is 1.77 bits per heavy atom. The van der Waals surface area contributed by atoms with Crippen LogP contribution < -0.4 is 0 Å². The second kappa shape index (κ2) is 8.28. The van der Waals surface area contributed by atoms with Gasteiger partial charge in [0.25, 0.3) is 0 Å². The number of carbonyl (C=O) groups excluding carboxylic acids is 1. The molecule has 3 nitrogen and oxygen atoms in total. The molecule has 4 heteroatoms. The van der Waals surface area contributed by atoms with Crippen molar-refractivity contribution in [3.8, 4) is 0 Å². The Hall–Kier alpha value is -1.78. The average Bonchev–Trinajstić information content (AvgIpc) is 3.19. The van der Waals surface area contributed by atoms with Crippen molar-refractivity contribution < 1.29 is 4.79 Å². The van der Waals surface area contributed by atoms with E-state index in [1.54, 1.807) is 11.8 Å². The SMILES string of the molecule is O=C(CCSc1ccccc1)N1CC[C@@H](N2CCc3ccccc3C2)C1. The quantitative estimate of drug-likeness (QED) is 0.752. The van der Waals surface area contributed by atoms with Gasteiger partial charge in [-0.2, -0.15) is 0 Å². The van der Waals surface area contributed by atoms with Crippen LogP contribution in [0.3, 0.4) is 0 Å². The molecule has 4 rings (SSSR count). The number of benzene rings is 2. The summed E-state index contributed by atoms with van der Waals surface area (Å²) in [6, 6.07) is 19.6. The molecule has 0 aromatic heterocycles. The summed E-state index contributed by atoms with van der Waals surface area (Å²) in [5.41, 5.74) is 2.95. The van der Waals surface area contributed by atoms with Gasteiger partial charge in [0.2, 0.25) is 5.91 Å². The first-order valence-corrected chi connectivity index (χ1v) is 10.5. The Balaban J connectivity index is 1.25. The number of likely N-dealkylation sites (tertiary alicyclic amines) is 1. The predicted molar refractivity (Wildman–Crippen MR) is 107 cm³/mol. The van der Waals surface area contributed by atoms with Gasteiger partial charge in [-0.25, -0.2) is 0 Å². The first-order valence-electron chi connectivity index (χ1n) is 9.56. The van der Waals surface area contributed by atoms with Gasteiger partial charge in [-0.15, -0.1) is 11.8 Å². The molecule has 2 aliphatic rings. The summed E-state index contributed by atoms with van der Waals surface area (Å²) < 4.78 is 0. The molecule has 1 saturated heterocycles. The van der Waals surface area contributed by atoms with E-state index in [-0.39, 0.29) is 0 Å². The normalized spacial score (nSPS) is 20.2. The third-order valence-corrected chi connectivity index (χ3v) is 6.53. The van der Waals surface area contributed by atoms with Gasteiger partial charge in [-0.3, -0.25) is 9.69 Å². The van der Waals surface area contributed by atoms with E-state index in [1.165, 1.54) is 16.0 Å². The van der Waals surface area contributed by atoms with Crippen molar-refractivity contribution in [1.29, 1.82) is 0 Å². The number of nitrogens with zero attached hydrogens (tertiary/aromatic N) is 2. The number of fused-ring (bicyclic) bond motifs is 1. The smallest absolute Gasteiger partial charge is 0.223 e. The summed E-state index contributed by atoms with van der Waals surface area (Å²) >= 11 is 1.77. The Bertz CT molecular complexity index is 749. The molecule has 0 saturated carbocycles. The molecule has 0 bridgehead atoms. The second-order valence-corrected chi connectivity index (χ2v) is 8.35. The van der Waals surface area contributed by atoms with E-state index >= 15 is 0 Å². The van der Waals surface area contributed by atoms with Crippen molar-refractivity contribution in [1.82, 2.24) is 9.80 Å². The minimum atomic E-state index is 0.313. The molecule has 2 aliphatic heterocycles. The van der Waals surface area contributed by atoms with Crippen molar-refractivity contribution in [2.24, 2.45) is 0 Å². The Morgan fingerprint density at radius 3 is 2.62 bits per heavy atom. The standard InChI is InChI=1S/C22H26N2OS/c25-22(12-15-26-21-8-2-1-3-9-21)24-14-11-20(17-24)23-13-10-18-6-4-5-7-19(18)16-23/h1-9,20H,10-17H2/t20-/m1/s1. The summed E-state index contributed by atoms with van der Waals surface area (Å²) in [4.78, 5) is 18.5. The molecule has 0 spiro atoms. The number of hydrogen-bond donors (Lipinski definition) is 0. The van der Waals surface area contributed by atoms with Gasteiger partial charge in [-0.1, -0.05) is 42.5 Å². The van der Waals surface area contributed by atoms with E-state index in [9.17, 15) is 4.79 Å². The maximum absolute atomic E-state index is 12.6. The van der Waals surface area contributed by atoms with Gasteiger partial charge in [0, 0.05) is 49.3 Å². The molecule has 136 valence electrons. The zero-order valence-electron chi connectivity index (χ0n) is 15.1. The van der Waals surface area contributed by atoms with Crippen molar-refractivity contribution in [2.75, 3.05) is 25.4 Å². The van der Waals surface area contributed by atoms with E-state index < -0.39 is 0 Å². The van der Waals surface area contributed by atoms with Crippen molar-refractivity contribution >= 4 is 17.7 Å². The average molecular weight is 367 g/mol. The Morgan fingerprint density at radius 1 is 1.00 bits per heavy atom. The molecule has 0 radical (unpaired) electrons. The molecule has 1 amide bonds. The first kappa shape index (κ1) is 17.6. The van der Waals surface area contributed by atoms with E-state index in [0.29, 0.717) is 18.4 Å². The highest BCUT2D eigenvalue weighted by Gasteiger charge is 2.31. The van der Waals surface area contributed by atoms with Crippen LogP contribution in [0, 0.1) is 0 Å². The molecule has 2 aromatic rings. The molecule has 1 atom stereocenters. The lowest BCUT2D eigenvalue weighted by Crippen LogP contribution is -2.41. The van der Waals surface area contributed by atoms with Crippen LogP contribution in [0.5, 0.6) is 0 Å². The van der Waals surface area contributed by atoms with E-state index in [2.05, 4.69) is 46.2 Å². The molecule has 2 aromatic carbocycles. The highest BCUT2D eigenvalue weighted by molar-refractivity contribution is 7.99. The van der Waals surface area contributed by atoms with E-state index in [4.69, 9.17) is 0 Å². The van der Waals surface area contributed by atoms with Crippen molar-refractivity contribution in [2.45, 2.75) is 36.7 Å². The zero-order chi connectivity index (χ0) is 17.8. The maximum atomic E-state index is 12.6. The minimum Gasteiger partial charge on any atom is -0.341 e. The lowest BCUT2D eigenvalue weighted by atomic mass is 9.98. The topological polar surface area (TPSA) is 23.6 Å². The van der Waals surface area contributed by atoms with Crippen LogP contribution in [0.4, 0.5) is 0 Å². The van der Waals surface area contributed by atoms with Crippen LogP contribution in [0.1, 0.15) is 24.0 Å². The molecular formula is C22H26N2OS. The third kappa shape index (κ3) is 4.13. The van der Waals surface area contributed by atoms with Gasteiger partial charge in [0.15, 0.2) is 0 Å². The summed E-state index contributed by atoms with van der Waals surface area (Å²) in [6.45, 7) is 3.97. The molecule has 1 fully saturated rings. The summed E-state index contributed by atoms with van der Waals surface area (Å²) in [5, 5.41) is 0. The third-order valence-electron chi connectivity index (χ3n) is 5.52. The van der Waals surface area contributed by atoms with Crippen LogP contribution in [0.15, 0.2) is 59.5 Å². The fraction of sp³-hybridized carbons (Fsp3) is 0.409. The number of amides is 1. The monoisotopic (exact) mass is 366 g/mol. The largest absolute Gasteiger partial charge is 0.341 e. The highest BCUT2D eigenvalue weighted by Crippen LogP contribution is 2.25. The van der Waals surface area contributed by atoms with Gasteiger partial charge in [0.05, 0.1) is 0 Å². The van der Waals surface area contributed by atoms with E-state index in [0.717, 1.165) is 44.8 Å². The minimum absolute atomic E-state index is 0.313. The first-order chi connectivity index (χ1) is 12.8. The fourth-order valence-electron chi connectivity index (χ4n) is 4.03. The lowest BCUT2D eigenvalue weighted by molar-refractivity contribution is -0.129. The zero-order valence-corrected chi connectivity index (χ0v) is 16.0. The molecule has 0 unspecified atom stereocenters. The molecular weight excluding hydrogens is 340 g/mol. The fourth-order valence-corrected chi connectivity index (χ4v) is 4.89. The van der Waals surface area contributed by atoms with Crippen LogP contribution in [-0.4, -0.2) is 47.1 Å². The number of carbonyl (C=O) groups is 1. The van der Waals surface area contributed by atoms with Crippen LogP contribution in [0.2, 0.25) is 0 Å². The van der Waals surface area contributed by atoms with Gasteiger partial charge >= 0.3 is 0 Å². The molecule has 2 heterocycles. The van der Waals surface area contributed by atoms with Gasteiger partial charge < -0.3 is 4.90 Å². The van der Waals surface area contributed by atoms with Gasteiger partial charge in [-0.05, 0) is 36.1 Å². The predicted octanol–water partition coefficient (Wildman–Crippen LogP) is 3.83. The van der Waals surface area contributed by atoms with Crippen LogP contribution >= 0.6 is 11.8 Å². The Labute approximate surface area is 160 Å². The van der Waals surface area contributed by atoms with E-state index in [1.807, 2.05) is 18.2 Å². The van der Waals surface area contributed by atoms with Crippen LogP contribution in [-0.2, 0) is 17.8 Å². The summed E-state index contributed by atoms with van der Waals surface area (Å²) in [5.74, 6) is 1.18. The van der Waals surface area contributed by atoms with Crippen LogP contribution in [0.25, 0.3) is 0 Å². The highest BCUT2D eigenvalue weighted by atomic mass is 32.2. The molecule has 0 aliphatic carbocycles. The van der Waals surface area contributed by atoms with Gasteiger partial charge in [0.1, 0.15) is 0 Å². The van der Waals surface area contributed by atoms with Crippen molar-refractivity contribution in [3.05, 3.63) is 65.7 Å². The number of thioether (sulfide) groups is 1. The van der Waals surface area contributed by atoms with Crippen molar-refractivity contribution in [3.63, 3.8) is 0 Å². The lowest BCUT2D eigenvalue weighted by Gasteiger charge is -2.33. The molecule has 0 N–H and O–H groups in total. The second-order valence-electron chi connectivity index (χ2n) is 7.18. The maximum Gasteiger partial charge on any atom is 0.223 e. The number of rotatable bonds is 5. The summed E-state index contributed by atoms with van der Waals surface area (Å²) in [7, 11) is 0. The molecule has 26 heavy (non-hydrogen) atoms. The summed E-state index contributed by atoms with van der Waals surface area (Å²) in [6.07, 6.45) is 2.88.